The van der Waals surface area contributed by atoms with Gasteiger partial charge in [-0.05, 0) is 45.1 Å². The summed E-state index contributed by atoms with van der Waals surface area (Å²) in [6.45, 7) is 5.42. The van der Waals surface area contributed by atoms with E-state index < -0.39 is 0 Å². The number of hydrogen-bond acceptors (Lipinski definition) is 2. The number of amides is 2. The van der Waals surface area contributed by atoms with Crippen molar-refractivity contribution in [2.75, 3.05) is 13.1 Å². The molecule has 88 valence electrons. The van der Waals surface area contributed by atoms with Crippen molar-refractivity contribution in [1.82, 2.24) is 10.6 Å². The van der Waals surface area contributed by atoms with Gasteiger partial charge in [-0.25, -0.2) is 4.79 Å². The van der Waals surface area contributed by atoms with Gasteiger partial charge in [0.1, 0.15) is 0 Å². The Balaban J connectivity index is 2.21. The van der Waals surface area contributed by atoms with Gasteiger partial charge in [-0.3, -0.25) is 0 Å². The van der Waals surface area contributed by atoms with Crippen LogP contribution in [-0.4, -0.2) is 25.2 Å². The van der Waals surface area contributed by atoms with E-state index in [1.54, 1.807) is 0 Å². The highest BCUT2D eigenvalue weighted by atomic mass is 16.2. The maximum Gasteiger partial charge on any atom is 0.314 e. The number of urea groups is 1. The molecule has 2 amide bonds. The molecule has 4 heteroatoms. The normalized spacial score (nSPS) is 25.6. The third kappa shape index (κ3) is 4.08. The first-order chi connectivity index (χ1) is 7.13. The Kier molecular flexibility index (Phi) is 4.88. The van der Waals surface area contributed by atoms with Crippen molar-refractivity contribution in [3.8, 4) is 0 Å². The molecule has 2 atom stereocenters. The van der Waals surface area contributed by atoms with E-state index >= 15 is 0 Å². The zero-order valence-electron chi connectivity index (χ0n) is 9.75. The van der Waals surface area contributed by atoms with Gasteiger partial charge in [-0.2, -0.15) is 0 Å². The number of nitrogens with two attached hydrogens (primary N) is 1. The van der Waals surface area contributed by atoms with Crippen LogP contribution in [0.1, 0.15) is 33.1 Å². The molecule has 2 unspecified atom stereocenters. The van der Waals surface area contributed by atoms with Gasteiger partial charge in [-0.1, -0.05) is 6.42 Å². The second-order valence-corrected chi connectivity index (χ2v) is 4.70. The molecule has 0 aromatic rings. The third-order valence-electron chi connectivity index (χ3n) is 3.06. The maximum absolute atomic E-state index is 11.4. The number of nitrogens with one attached hydrogen (secondary N) is 2. The van der Waals surface area contributed by atoms with Gasteiger partial charge in [0.15, 0.2) is 0 Å². The standard InChI is InChI=1S/C11H23N3O/c1-8(2)14-11(15)13-7-10-5-3-4-9(10)6-12/h8-10H,3-7,12H2,1-2H3,(H2,13,14,15). The van der Waals surface area contributed by atoms with Crippen molar-refractivity contribution in [2.45, 2.75) is 39.2 Å². The summed E-state index contributed by atoms with van der Waals surface area (Å²) in [5, 5.41) is 5.73. The minimum atomic E-state index is -0.0623. The largest absolute Gasteiger partial charge is 0.338 e. The molecular formula is C11H23N3O. The molecule has 0 spiro atoms. The molecule has 1 saturated carbocycles. The monoisotopic (exact) mass is 213 g/mol. The maximum atomic E-state index is 11.4. The third-order valence-corrected chi connectivity index (χ3v) is 3.06. The van der Waals surface area contributed by atoms with Gasteiger partial charge in [0.05, 0.1) is 0 Å². The first-order valence-corrected chi connectivity index (χ1v) is 5.88. The summed E-state index contributed by atoms with van der Waals surface area (Å²) in [7, 11) is 0. The van der Waals surface area contributed by atoms with Crippen LogP contribution in [-0.2, 0) is 0 Å². The van der Waals surface area contributed by atoms with Crippen molar-refractivity contribution in [1.29, 1.82) is 0 Å². The fraction of sp³-hybridized carbons (Fsp3) is 0.909. The van der Waals surface area contributed by atoms with Crippen LogP contribution in [0.3, 0.4) is 0 Å². The molecule has 0 saturated heterocycles. The lowest BCUT2D eigenvalue weighted by Gasteiger charge is -2.19. The van der Waals surface area contributed by atoms with E-state index in [0.717, 1.165) is 13.1 Å². The lowest BCUT2D eigenvalue weighted by molar-refractivity contribution is 0.234. The number of carbonyl (C=O) groups is 1. The fourth-order valence-corrected chi connectivity index (χ4v) is 2.23. The van der Waals surface area contributed by atoms with Gasteiger partial charge in [0, 0.05) is 12.6 Å². The highest BCUT2D eigenvalue weighted by molar-refractivity contribution is 5.74. The molecule has 15 heavy (non-hydrogen) atoms. The predicted octanol–water partition coefficient (Wildman–Crippen LogP) is 1.07. The molecule has 0 aromatic heterocycles. The van der Waals surface area contributed by atoms with Crippen LogP contribution in [0.25, 0.3) is 0 Å². The Morgan fingerprint density at radius 2 is 2.07 bits per heavy atom. The van der Waals surface area contributed by atoms with E-state index in [0.29, 0.717) is 11.8 Å². The van der Waals surface area contributed by atoms with Crippen LogP contribution in [0.4, 0.5) is 4.79 Å². The highest BCUT2D eigenvalue weighted by Crippen LogP contribution is 2.30. The topological polar surface area (TPSA) is 67.2 Å². The van der Waals surface area contributed by atoms with E-state index in [1.807, 2.05) is 13.8 Å². The van der Waals surface area contributed by atoms with E-state index in [4.69, 9.17) is 5.73 Å². The minimum Gasteiger partial charge on any atom is -0.338 e. The van der Waals surface area contributed by atoms with E-state index in [-0.39, 0.29) is 12.1 Å². The van der Waals surface area contributed by atoms with Crippen molar-refractivity contribution < 1.29 is 4.79 Å². The Labute approximate surface area is 92.0 Å². The summed E-state index contributed by atoms with van der Waals surface area (Å²) in [6.07, 6.45) is 3.67. The van der Waals surface area contributed by atoms with Gasteiger partial charge in [0.2, 0.25) is 0 Å². The SMILES string of the molecule is CC(C)NC(=O)NCC1CCCC1CN. The predicted molar refractivity (Wildman–Crippen MR) is 61.6 cm³/mol. The van der Waals surface area contributed by atoms with Gasteiger partial charge < -0.3 is 16.4 Å². The Hall–Kier alpha value is -0.770. The summed E-state index contributed by atoms with van der Waals surface area (Å²) >= 11 is 0. The molecule has 4 nitrogen and oxygen atoms in total. The van der Waals surface area contributed by atoms with E-state index in [2.05, 4.69) is 10.6 Å². The Morgan fingerprint density at radius 1 is 1.40 bits per heavy atom. The fourth-order valence-electron chi connectivity index (χ4n) is 2.23. The van der Waals surface area contributed by atoms with Crippen LogP contribution in [0.5, 0.6) is 0 Å². The average Bonchev–Trinajstić information content (AvgIpc) is 2.60. The molecular weight excluding hydrogens is 190 g/mol. The zero-order valence-corrected chi connectivity index (χ0v) is 9.75. The molecule has 4 N–H and O–H groups in total. The molecule has 1 aliphatic rings. The number of carbonyl (C=O) groups excluding carboxylic acids is 1. The lowest BCUT2D eigenvalue weighted by atomic mass is 9.96. The molecule has 0 bridgehead atoms. The summed E-state index contributed by atoms with van der Waals surface area (Å²) in [6, 6.07) is 0.131. The molecule has 0 aliphatic heterocycles. The van der Waals surface area contributed by atoms with E-state index in [1.165, 1.54) is 19.3 Å². The van der Waals surface area contributed by atoms with Crippen LogP contribution >= 0.6 is 0 Å². The summed E-state index contributed by atoms with van der Waals surface area (Å²) in [5.41, 5.74) is 5.68. The number of hydrogen-bond donors (Lipinski definition) is 3. The molecule has 0 radical (unpaired) electrons. The van der Waals surface area contributed by atoms with E-state index in [9.17, 15) is 4.79 Å². The average molecular weight is 213 g/mol. The van der Waals surface area contributed by atoms with Gasteiger partial charge >= 0.3 is 6.03 Å². The van der Waals surface area contributed by atoms with Crippen molar-refractivity contribution in [3.05, 3.63) is 0 Å². The zero-order chi connectivity index (χ0) is 11.3. The van der Waals surface area contributed by atoms with Gasteiger partial charge in [-0.15, -0.1) is 0 Å². The van der Waals surface area contributed by atoms with Crippen molar-refractivity contribution >= 4 is 6.03 Å². The van der Waals surface area contributed by atoms with Gasteiger partial charge in [0.25, 0.3) is 0 Å². The highest BCUT2D eigenvalue weighted by Gasteiger charge is 2.26. The summed E-state index contributed by atoms with van der Waals surface area (Å²) in [4.78, 5) is 11.4. The number of rotatable bonds is 4. The Bertz CT molecular complexity index is 206. The first-order valence-electron chi connectivity index (χ1n) is 5.88. The van der Waals surface area contributed by atoms with Crippen LogP contribution < -0.4 is 16.4 Å². The quantitative estimate of drug-likeness (QED) is 0.654. The lowest BCUT2D eigenvalue weighted by Crippen LogP contribution is -2.42. The van der Waals surface area contributed by atoms with Crippen LogP contribution in [0, 0.1) is 11.8 Å². The van der Waals surface area contributed by atoms with Crippen molar-refractivity contribution in [3.63, 3.8) is 0 Å². The Morgan fingerprint density at radius 3 is 2.67 bits per heavy atom. The molecule has 1 aliphatic carbocycles. The van der Waals surface area contributed by atoms with Crippen LogP contribution in [0.15, 0.2) is 0 Å². The molecule has 0 heterocycles. The second-order valence-electron chi connectivity index (χ2n) is 4.70. The van der Waals surface area contributed by atoms with Crippen molar-refractivity contribution in [2.24, 2.45) is 17.6 Å². The molecule has 1 rings (SSSR count). The summed E-state index contributed by atoms with van der Waals surface area (Å²) < 4.78 is 0. The first kappa shape index (κ1) is 12.3. The van der Waals surface area contributed by atoms with Crippen LogP contribution in [0.2, 0.25) is 0 Å². The molecule has 0 aromatic carbocycles. The summed E-state index contributed by atoms with van der Waals surface area (Å²) in [5.74, 6) is 1.18. The minimum absolute atomic E-state index is 0.0623. The smallest absolute Gasteiger partial charge is 0.314 e. The second kappa shape index (κ2) is 5.95. The molecule has 1 fully saturated rings.